The van der Waals surface area contributed by atoms with Gasteiger partial charge in [-0.1, -0.05) is 30.3 Å². The SMILES string of the molecule is Cc1nn(CCNC(=O)c2cc(-c3ccccc3)nn2C)c(C)c1-c1ccsc1. The minimum Gasteiger partial charge on any atom is -0.349 e. The Morgan fingerprint density at radius 1 is 1.10 bits per heavy atom. The summed E-state index contributed by atoms with van der Waals surface area (Å²) in [6.07, 6.45) is 0. The molecular weight excluding hydrogens is 382 g/mol. The molecule has 0 unspecified atom stereocenters. The van der Waals surface area contributed by atoms with E-state index >= 15 is 0 Å². The van der Waals surface area contributed by atoms with Crippen LogP contribution in [0.25, 0.3) is 22.4 Å². The molecule has 3 aromatic heterocycles. The van der Waals surface area contributed by atoms with Crippen LogP contribution in [0.5, 0.6) is 0 Å². The van der Waals surface area contributed by atoms with Crippen LogP contribution < -0.4 is 5.32 Å². The van der Waals surface area contributed by atoms with Crippen LogP contribution in [0, 0.1) is 13.8 Å². The highest BCUT2D eigenvalue weighted by Crippen LogP contribution is 2.28. The molecule has 0 aliphatic rings. The van der Waals surface area contributed by atoms with Gasteiger partial charge in [-0.25, -0.2) is 0 Å². The van der Waals surface area contributed by atoms with Gasteiger partial charge in [0.05, 0.1) is 17.9 Å². The van der Waals surface area contributed by atoms with Gasteiger partial charge in [0.15, 0.2) is 0 Å². The Kier molecular flexibility index (Phi) is 5.31. The molecule has 0 saturated heterocycles. The van der Waals surface area contributed by atoms with E-state index in [0.717, 1.165) is 22.6 Å². The van der Waals surface area contributed by atoms with Crippen molar-refractivity contribution in [3.63, 3.8) is 0 Å². The lowest BCUT2D eigenvalue weighted by atomic mass is 10.1. The molecule has 0 spiro atoms. The smallest absolute Gasteiger partial charge is 0.269 e. The van der Waals surface area contributed by atoms with Gasteiger partial charge in [-0.2, -0.15) is 21.5 Å². The lowest BCUT2D eigenvalue weighted by Gasteiger charge is -2.07. The number of benzene rings is 1. The van der Waals surface area contributed by atoms with Crippen molar-refractivity contribution in [1.82, 2.24) is 24.9 Å². The molecule has 0 atom stereocenters. The van der Waals surface area contributed by atoms with Crippen LogP contribution in [0.4, 0.5) is 0 Å². The van der Waals surface area contributed by atoms with Gasteiger partial charge in [-0.15, -0.1) is 0 Å². The highest BCUT2D eigenvalue weighted by Gasteiger charge is 2.16. The molecule has 148 valence electrons. The van der Waals surface area contributed by atoms with Crippen molar-refractivity contribution in [2.45, 2.75) is 20.4 Å². The van der Waals surface area contributed by atoms with E-state index in [1.165, 1.54) is 11.1 Å². The monoisotopic (exact) mass is 405 g/mol. The number of thiophene rings is 1. The Labute approximate surface area is 173 Å². The van der Waals surface area contributed by atoms with Gasteiger partial charge in [0, 0.05) is 30.4 Å². The Morgan fingerprint density at radius 2 is 1.90 bits per heavy atom. The third kappa shape index (κ3) is 3.86. The highest BCUT2D eigenvalue weighted by atomic mass is 32.1. The van der Waals surface area contributed by atoms with Gasteiger partial charge in [-0.05, 0) is 42.3 Å². The molecule has 1 N–H and O–H groups in total. The number of aryl methyl sites for hydroxylation is 2. The maximum atomic E-state index is 12.6. The summed E-state index contributed by atoms with van der Waals surface area (Å²) in [5.74, 6) is -0.137. The third-order valence-corrected chi connectivity index (χ3v) is 5.67. The van der Waals surface area contributed by atoms with Crippen LogP contribution in [0.3, 0.4) is 0 Å². The van der Waals surface area contributed by atoms with Gasteiger partial charge >= 0.3 is 0 Å². The van der Waals surface area contributed by atoms with E-state index in [4.69, 9.17) is 0 Å². The number of hydrogen-bond acceptors (Lipinski definition) is 4. The standard InChI is InChI=1S/C22H23N5OS/c1-15-21(18-9-12-29-14-18)16(2)27(24-15)11-10-23-22(28)20-13-19(25-26(20)3)17-7-5-4-6-8-17/h4-9,12-14H,10-11H2,1-3H3,(H,23,28). The summed E-state index contributed by atoms with van der Waals surface area (Å²) < 4.78 is 3.58. The van der Waals surface area contributed by atoms with E-state index in [0.29, 0.717) is 18.8 Å². The maximum Gasteiger partial charge on any atom is 0.269 e. The zero-order chi connectivity index (χ0) is 20.4. The van der Waals surface area contributed by atoms with Crippen LogP contribution in [-0.4, -0.2) is 32.0 Å². The lowest BCUT2D eigenvalue weighted by Crippen LogP contribution is -2.29. The fourth-order valence-electron chi connectivity index (χ4n) is 3.53. The van der Waals surface area contributed by atoms with E-state index in [1.807, 2.05) is 48.0 Å². The Hall–Kier alpha value is -3.19. The van der Waals surface area contributed by atoms with E-state index in [9.17, 15) is 4.79 Å². The van der Waals surface area contributed by atoms with Crippen LogP contribution in [0.2, 0.25) is 0 Å². The normalized spacial score (nSPS) is 11.0. The van der Waals surface area contributed by atoms with Gasteiger partial charge in [0.2, 0.25) is 0 Å². The first-order valence-electron chi connectivity index (χ1n) is 9.49. The molecule has 4 aromatic rings. The first-order chi connectivity index (χ1) is 14.0. The van der Waals surface area contributed by atoms with Crippen LogP contribution in [-0.2, 0) is 13.6 Å². The molecule has 1 aromatic carbocycles. The Bertz CT molecular complexity index is 1130. The molecule has 1 amide bonds. The van der Waals surface area contributed by atoms with Crippen molar-refractivity contribution >= 4 is 17.2 Å². The van der Waals surface area contributed by atoms with E-state index in [-0.39, 0.29) is 5.91 Å². The van der Waals surface area contributed by atoms with Gasteiger partial charge in [0.1, 0.15) is 5.69 Å². The summed E-state index contributed by atoms with van der Waals surface area (Å²) >= 11 is 1.68. The van der Waals surface area contributed by atoms with Crippen LogP contribution in [0.1, 0.15) is 21.9 Å². The number of rotatable bonds is 6. The van der Waals surface area contributed by atoms with Gasteiger partial charge < -0.3 is 5.32 Å². The number of amides is 1. The van der Waals surface area contributed by atoms with Crippen molar-refractivity contribution in [3.8, 4) is 22.4 Å². The third-order valence-electron chi connectivity index (χ3n) is 4.98. The van der Waals surface area contributed by atoms with E-state index in [1.54, 1.807) is 23.1 Å². The quantitative estimate of drug-likeness (QED) is 0.526. The molecule has 3 heterocycles. The van der Waals surface area contributed by atoms with Gasteiger partial charge in [0.25, 0.3) is 5.91 Å². The number of nitrogens with zero attached hydrogens (tertiary/aromatic N) is 4. The highest BCUT2D eigenvalue weighted by molar-refractivity contribution is 7.08. The van der Waals surface area contributed by atoms with Gasteiger partial charge in [-0.3, -0.25) is 14.2 Å². The summed E-state index contributed by atoms with van der Waals surface area (Å²) in [5, 5.41) is 16.3. The molecule has 7 heteroatoms. The summed E-state index contributed by atoms with van der Waals surface area (Å²) in [4.78, 5) is 12.6. The second kappa shape index (κ2) is 8.05. The first kappa shape index (κ1) is 19.1. The van der Waals surface area contributed by atoms with Crippen molar-refractivity contribution in [1.29, 1.82) is 0 Å². The minimum atomic E-state index is -0.137. The van der Waals surface area contributed by atoms with Crippen molar-refractivity contribution in [2.75, 3.05) is 6.54 Å². The van der Waals surface area contributed by atoms with Crippen LogP contribution in [0.15, 0.2) is 53.2 Å². The predicted octanol–water partition coefficient (Wildman–Crippen LogP) is 4.06. The zero-order valence-corrected chi connectivity index (χ0v) is 17.5. The van der Waals surface area contributed by atoms with E-state index < -0.39 is 0 Å². The summed E-state index contributed by atoms with van der Waals surface area (Å²) in [5.41, 5.74) is 6.81. The van der Waals surface area contributed by atoms with Crippen molar-refractivity contribution in [3.05, 3.63) is 70.3 Å². The Morgan fingerprint density at radius 3 is 2.62 bits per heavy atom. The van der Waals surface area contributed by atoms with Crippen molar-refractivity contribution < 1.29 is 4.79 Å². The molecule has 0 fully saturated rings. The number of hydrogen-bond donors (Lipinski definition) is 1. The molecule has 4 rings (SSSR count). The second-order valence-electron chi connectivity index (χ2n) is 6.94. The maximum absolute atomic E-state index is 12.6. The fourth-order valence-corrected chi connectivity index (χ4v) is 4.18. The Balaban J connectivity index is 1.43. The number of aromatic nitrogens is 4. The number of carbonyl (C=O) groups is 1. The molecule has 0 saturated carbocycles. The second-order valence-corrected chi connectivity index (χ2v) is 7.72. The van der Waals surface area contributed by atoms with Crippen LogP contribution >= 0.6 is 11.3 Å². The minimum absolute atomic E-state index is 0.137. The summed E-state index contributed by atoms with van der Waals surface area (Å²) in [6.45, 7) is 5.21. The van der Waals surface area contributed by atoms with E-state index in [2.05, 4.69) is 39.3 Å². The number of nitrogens with one attached hydrogen (secondary N) is 1. The van der Waals surface area contributed by atoms with Crippen molar-refractivity contribution in [2.24, 2.45) is 7.05 Å². The summed E-state index contributed by atoms with van der Waals surface area (Å²) in [6, 6.07) is 13.8. The first-order valence-corrected chi connectivity index (χ1v) is 10.4. The average molecular weight is 406 g/mol. The zero-order valence-electron chi connectivity index (χ0n) is 16.7. The molecule has 0 aliphatic carbocycles. The lowest BCUT2D eigenvalue weighted by molar-refractivity contribution is 0.0942. The molecular formula is C22H23N5OS. The fraction of sp³-hybridized carbons (Fsp3) is 0.227. The topological polar surface area (TPSA) is 64.7 Å². The molecule has 0 bridgehead atoms. The molecule has 6 nitrogen and oxygen atoms in total. The summed E-state index contributed by atoms with van der Waals surface area (Å²) in [7, 11) is 1.79. The molecule has 29 heavy (non-hydrogen) atoms. The largest absolute Gasteiger partial charge is 0.349 e. The predicted molar refractivity (Wildman–Crippen MR) is 116 cm³/mol. The molecule has 0 radical (unpaired) electrons. The average Bonchev–Trinajstić information content (AvgIpc) is 3.43. The number of carbonyl (C=O) groups excluding carboxylic acids is 1. The molecule has 0 aliphatic heterocycles.